The number of likely N-dealkylation sites (N-methyl/N-ethyl adjacent to an activating group) is 2. The Hall–Kier alpha value is -7.30. The fourth-order valence-electron chi connectivity index (χ4n) is 5.36. The lowest BCUT2D eigenvalue weighted by Crippen LogP contribution is -2.27. The summed E-state index contributed by atoms with van der Waals surface area (Å²) < 4.78 is 0. The molecule has 0 heterocycles. The molecule has 16 nitrogen and oxygen atoms in total. The number of benzene rings is 5. The van der Waals surface area contributed by atoms with Crippen molar-refractivity contribution in [1.82, 2.24) is 29.4 Å². The van der Waals surface area contributed by atoms with E-state index in [2.05, 4.69) is 21.3 Å². The number of carbonyl (C=O) groups is 6. The molecule has 376 valence electrons. The molecule has 0 fully saturated rings. The number of aryl methyl sites for hydroxylation is 1. The van der Waals surface area contributed by atoms with Gasteiger partial charge in [-0.2, -0.15) is 0 Å². The molecular weight excluding hydrogens is 932 g/mol. The van der Waals surface area contributed by atoms with E-state index < -0.39 is 0 Å². The fourth-order valence-corrected chi connectivity index (χ4v) is 5.66. The topological polar surface area (TPSA) is 170 Å². The lowest BCUT2D eigenvalue weighted by atomic mass is 10.00. The fraction of sp³-hybridized carbons (Fsp3) is 0.308. The summed E-state index contributed by atoms with van der Waals surface area (Å²) in [6.07, 6.45) is 1.53. The van der Waals surface area contributed by atoms with Crippen LogP contribution in [0, 0.1) is 6.92 Å². The molecule has 0 unspecified atom stereocenters. The summed E-state index contributed by atoms with van der Waals surface area (Å²) in [6.45, 7) is 1.98. The molecule has 5 aromatic rings. The van der Waals surface area contributed by atoms with Crippen LogP contribution >= 0.6 is 23.2 Å². The number of nitrogens with one attached hydrogen (secondary N) is 4. The maximum atomic E-state index is 11.8. The Balaban J connectivity index is 0.000000333. The Labute approximate surface area is 423 Å². The van der Waals surface area contributed by atoms with Crippen molar-refractivity contribution in [3.63, 3.8) is 0 Å². The van der Waals surface area contributed by atoms with Crippen LogP contribution < -0.4 is 21.3 Å². The SMILES string of the molecule is CN(C)C(=O)Nc1ccc(Cc2ccc(NC(=O)N(C)C)cc2)cc1.CN(C)C(=O)Nc1ccc(Cl)c(Cl)c1.CN(C)C(=O)Nc1ccccc1.Cc1ccc(CC(=O)N(C)C)cc1CC(=O)N(C)C. The lowest BCUT2D eigenvalue weighted by molar-refractivity contribution is -0.128. The van der Waals surface area contributed by atoms with Crippen molar-refractivity contribution in [3.8, 4) is 0 Å². The molecule has 5 rings (SSSR count). The van der Waals surface area contributed by atoms with Crippen molar-refractivity contribution in [1.29, 1.82) is 0 Å². The zero-order chi connectivity index (χ0) is 52.7. The Bertz CT molecular complexity index is 2420. The first-order valence-corrected chi connectivity index (χ1v) is 22.7. The normalized spacial score (nSPS) is 9.87. The summed E-state index contributed by atoms with van der Waals surface area (Å²) in [4.78, 5) is 78.1. The number of nitrogens with zero attached hydrogens (tertiary/aromatic N) is 6. The molecule has 0 saturated carbocycles. The first kappa shape index (κ1) is 58.8. The van der Waals surface area contributed by atoms with Gasteiger partial charge >= 0.3 is 24.1 Å². The van der Waals surface area contributed by atoms with Gasteiger partial charge in [-0.25, -0.2) is 19.2 Å². The van der Waals surface area contributed by atoms with E-state index in [1.807, 2.05) is 104 Å². The Morgan fingerprint density at radius 1 is 0.386 bits per heavy atom. The van der Waals surface area contributed by atoms with E-state index >= 15 is 0 Å². The Morgan fingerprint density at radius 3 is 1.13 bits per heavy atom. The third-order valence-corrected chi connectivity index (χ3v) is 10.5. The van der Waals surface area contributed by atoms with Crippen LogP contribution in [0.1, 0.15) is 27.8 Å². The highest BCUT2D eigenvalue weighted by atomic mass is 35.5. The molecule has 18 heteroatoms. The summed E-state index contributed by atoms with van der Waals surface area (Å²) >= 11 is 11.5. The third kappa shape index (κ3) is 22.2. The highest BCUT2D eigenvalue weighted by Gasteiger charge is 2.12. The second-order valence-corrected chi connectivity index (χ2v) is 17.9. The van der Waals surface area contributed by atoms with Gasteiger partial charge in [0.2, 0.25) is 11.8 Å². The van der Waals surface area contributed by atoms with E-state index in [0.29, 0.717) is 28.6 Å². The molecule has 5 aromatic carbocycles. The molecule has 4 N–H and O–H groups in total. The molecule has 0 spiro atoms. The summed E-state index contributed by atoms with van der Waals surface area (Å²) in [5.41, 5.74) is 8.29. The van der Waals surface area contributed by atoms with Gasteiger partial charge in [-0.15, -0.1) is 0 Å². The van der Waals surface area contributed by atoms with Crippen molar-refractivity contribution >= 4 is 81.9 Å². The van der Waals surface area contributed by atoms with Crippen molar-refractivity contribution < 1.29 is 28.8 Å². The second kappa shape index (κ2) is 29.6. The molecule has 0 aromatic heterocycles. The standard InChI is InChI=1S/C19H24N4O2.C15H22N2O2.C9H10Cl2N2O.C9H12N2O/c1-22(2)18(24)20-16-9-5-14(6-10-16)13-15-7-11-17(12-8-15)21-19(25)23(3)4;1-11-6-7-12(9-14(18)16(2)3)8-13(11)10-15(19)17(4)5;1-13(2)9(14)12-6-3-4-7(10)8(11)5-6;1-11(2)9(12)10-8-6-4-3-5-7-8/h5-12H,13H2,1-4H3,(H,20,24)(H,21,25);6-8H,9-10H2,1-5H3;3-5H,1-2H3,(H,12,14);3-7H,1-2H3,(H,10,12). The van der Waals surface area contributed by atoms with Gasteiger partial charge in [0.15, 0.2) is 0 Å². The van der Waals surface area contributed by atoms with Gasteiger partial charge < -0.3 is 50.7 Å². The lowest BCUT2D eigenvalue weighted by Gasteiger charge is -2.14. The van der Waals surface area contributed by atoms with Crippen LogP contribution in [-0.4, -0.2) is 150 Å². The van der Waals surface area contributed by atoms with Crippen LogP contribution in [0.5, 0.6) is 0 Å². The van der Waals surface area contributed by atoms with E-state index in [9.17, 15) is 28.8 Å². The maximum Gasteiger partial charge on any atom is 0.321 e. The molecule has 0 saturated heterocycles. The zero-order valence-corrected chi connectivity index (χ0v) is 44.0. The van der Waals surface area contributed by atoms with E-state index in [1.54, 1.807) is 113 Å². The van der Waals surface area contributed by atoms with Gasteiger partial charge in [0.1, 0.15) is 0 Å². The van der Waals surface area contributed by atoms with Gasteiger partial charge in [-0.05, 0) is 95.8 Å². The largest absolute Gasteiger partial charge is 0.349 e. The summed E-state index contributed by atoms with van der Waals surface area (Å²) in [5.74, 6) is 0.132. The monoisotopic (exact) mass is 998 g/mol. The summed E-state index contributed by atoms with van der Waals surface area (Å²) in [6, 6.07) is 35.1. The molecule has 0 bridgehead atoms. The van der Waals surface area contributed by atoms with Crippen molar-refractivity contribution in [2.24, 2.45) is 0 Å². The van der Waals surface area contributed by atoms with Crippen LogP contribution in [0.25, 0.3) is 0 Å². The predicted molar refractivity (Wildman–Crippen MR) is 285 cm³/mol. The number of anilines is 4. The number of carbonyl (C=O) groups excluding carboxylic acids is 6. The number of hydrogen-bond acceptors (Lipinski definition) is 6. The minimum Gasteiger partial charge on any atom is -0.349 e. The van der Waals surface area contributed by atoms with Crippen LogP contribution in [-0.2, 0) is 28.9 Å². The molecule has 0 radical (unpaired) electrons. The Kier molecular flexibility index (Phi) is 24.8. The first-order chi connectivity index (χ1) is 32.9. The highest BCUT2D eigenvalue weighted by molar-refractivity contribution is 6.42. The average Bonchev–Trinajstić information content (AvgIpc) is 3.30. The van der Waals surface area contributed by atoms with Gasteiger partial charge in [-0.1, -0.05) is 83.9 Å². The maximum absolute atomic E-state index is 11.8. The Morgan fingerprint density at radius 2 is 0.743 bits per heavy atom. The van der Waals surface area contributed by atoms with Crippen LogP contribution in [0.3, 0.4) is 0 Å². The van der Waals surface area contributed by atoms with Crippen LogP contribution in [0.2, 0.25) is 10.0 Å². The van der Waals surface area contributed by atoms with E-state index in [0.717, 1.165) is 51.3 Å². The van der Waals surface area contributed by atoms with Crippen LogP contribution in [0.4, 0.5) is 41.9 Å². The second-order valence-electron chi connectivity index (χ2n) is 17.1. The highest BCUT2D eigenvalue weighted by Crippen LogP contribution is 2.25. The minimum atomic E-state index is -0.205. The van der Waals surface area contributed by atoms with E-state index in [4.69, 9.17) is 23.2 Å². The molecule has 0 aliphatic rings. The quantitative estimate of drug-likeness (QED) is 0.109. The van der Waals surface area contributed by atoms with Gasteiger partial charge in [0.25, 0.3) is 0 Å². The van der Waals surface area contributed by atoms with Crippen LogP contribution in [0.15, 0.2) is 115 Å². The zero-order valence-electron chi connectivity index (χ0n) is 42.5. The van der Waals surface area contributed by atoms with Gasteiger partial charge in [0.05, 0.1) is 22.9 Å². The van der Waals surface area contributed by atoms with Crippen molar-refractivity contribution in [3.05, 3.63) is 153 Å². The molecule has 70 heavy (non-hydrogen) atoms. The number of halogens is 2. The third-order valence-electron chi connectivity index (χ3n) is 9.75. The number of rotatable bonds is 10. The minimum absolute atomic E-state index is 0.0636. The smallest absolute Gasteiger partial charge is 0.321 e. The number of para-hydroxylation sites is 1. The van der Waals surface area contributed by atoms with E-state index in [1.165, 1.54) is 19.6 Å². The van der Waals surface area contributed by atoms with Gasteiger partial charge in [-0.3, -0.25) is 9.59 Å². The number of amides is 10. The molecule has 0 aliphatic carbocycles. The summed E-state index contributed by atoms with van der Waals surface area (Å²) in [7, 11) is 20.5. The van der Waals surface area contributed by atoms with Gasteiger partial charge in [0, 0.05) is 107 Å². The molecular formula is C52H68Cl2N10O6. The molecule has 0 atom stereocenters. The average molecular weight is 1000 g/mol. The van der Waals surface area contributed by atoms with E-state index in [-0.39, 0.29) is 35.9 Å². The number of urea groups is 4. The predicted octanol–water partition coefficient (Wildman–Crippen LogP) is 9.59. The number of hydrogen-bond donors (Lipinski definition) is 4. The molecule has 10 amide bonds. The molecule has 0 aliphatic heterocycles. The van der Waals surface area contributed by atoms with Crippen molar-refractivity contribution in [2.75, 3.05) is 106 Å². The first-order valence-electron chi connectivity index (χ1n) is 22.0. The summed E-state index contributed by atoms with van der Waals surface area (Å²) in [5, 5.41) is 11.9. The van der Waals surface area contributed by atoms with Crippen molar-refractivity contribution in [2.45, 2.75) is 26.2 Å².